The first kappa shape index (κ1) is 27.1. The fraction of sp³-hybridized carbons (Fsp3) is 0.357. The fourth-order valence-corrected chi connectivity index (χ4v) is 5.24. The summed E-state index contributed by atoms with van der Waals surface area (Å²) in [4.78, 5) is 18.6. The third kappa shape index (κ3) is 6.32. The predicted molar refractivity (Wildman–Crippen MR) is 140 cm³/mol. The van der Waals surface area contributed by atoms with Gasteiger partial charge in [-0.1, -0.05) is 35.0 Å². The molecule has 1 aliphatic heterocycles. The molecule has 1 aliphatic rings. The Balaban J connectivity index is 1.41. The van der Waals surface area contributed by atoms with E-state index in [2.05, 4.69) is 16.8 Å². The Morgan fingerprint density at radius 1 is 1.24 bits per heavy atom. The molecule has 0 bridgehead atoms. The Labute approximate surface area is 224 Å². The lowest BCUT2D eigenvalue weighted by molar-refractivity contribution is -0.152. The normalized spacial score (nSPS) is 16.1. The van der Waals surface area contributed by atoms with Gasteiger partial charge in [-0.15, -0.1) is 0 Å². The molecule has 0 unspecified atom stereocenters. The third-order valence-corrected chi connectivity index (χ3v) is 7.44. The van der Waals surface area contributed by atoms with Crippen molar-refractivity contribution in [3.8, 4) is 17.6 Å². The van der Waals surface area contributed by atoms with Gasteiger partial charge in [-0.2, -0.15) is 0 Å². The highest BCUT2D eigenvalue weighted by Gasteiger charge is 2.41. The van der Waals surface area contributed by atoms with Gasteiger partial charge in [0.05, 0.1) is 29.6 Å². The second kappa shape index (κ2) is 11.6. The molecule has 1 saturated heterocycles. The van der Waals surface area contributed by atoms with Gasteiger partial charge >= 0.3 is 5.97 Å². The largest absolute Gasteiger partial charge is 0.497 e. The molecular formula is C28H26Cl2F2N2O3. The van der Waals surface area contributed by atoms with Crippen molar-refractivity contribution in [2.45, 2.75) is 31.9 Å². The van der Waals surface area contributed by atoms with Crippen molar-refractivity contribution in [2.24, 2.45) is 5.41 Å². The first-order chi connectivity index (χ1) is 17.7. The Morgan fingerprint density at radius 3 is 2.68 bits per heavy atom. The quantitative estimate of drug-likeness (QED) is 0.334. The van der Waals surface area contributed by atoms with Crippen molar-refractivity contribution < 1.29 is 23.4 Å². The van der Waals surface area contributed by atoms with Gasteiger partial charge in [0.2, 0.25) is 0 Å². The number of aromatic nitrogens is 1. The number of benzene rings is 2. The highest BCUT2D eigenvalue weighted by atomic mass is 35.5. The lowest BCUT2D eigenvalue weighted by atomic mass is 9.74. The lowest BCUT2D eigenvalue weighted by Crippen LogP contribution is -2.44. The maximum Gasteiger partial charge on any atom is 0.309 e. The maximum atomic E-state index is 15.6. The minimum atomic E-state index is -1.46. The van der Waals surface area contributed by atoms with Crippen LogP contribution in [0.1, 0.15) is 43.0 Å². The van der Waals surface area contributed by atoms with Gasteiger partial charge in [0.1, 0.15) is 17.7 Å². The van der Waals surface area contributed by atoms with Crippen LogP contribution in [0.3, 0.4) is 0 Å². The van der Waals surface area contributed by atoms with Gasteiger partial charge in [-0.05, 0) is 62.1 Å². The second-order valence-electron chi connectivity index (χ2n) is 9.23. The Kier molecular flexibility index (Phi) is 8.53. The van der Waals surface area contributed by atoms with Crippen molar-refractivity contribution in [2.75, 3.05) is 26.7 Å². The molecule has 1 atom stereocenters. The summed E-state index contributed by atoms with van der Waals surface area (Å²) in [6.07, 6.45) is 0.908. The van der Waals surface area contributed by atoms with E-state index in [1.807, 2.05) is 4.90 Å². The highest BCUT2D eigenvalue weighted by Crippen LogP contribution is 2.42. The number of methoxy groups -OCH3 is 1. The number of carbonyl (C=O) groups is 1. The summed E-state index contributed by atoms with van der Waals surface area (Å²) in [5, 5.41) is 11.1. The van der Waals surface area contributed by atoms with Crippen molar-refractivity contribution in [1.82, 2.24) is 9.88 Å². The van der Waals surface area contributed by atoms with Gasteiger partial charge < -0.3 is 9.84 Å². The summed E-state index contributed by atoms with van der Waals surface area (Å²) in [6, 6.07) is 9.29. The van der Waals surface area contributed by atoms with E-state index in [4.69, 9.17) is 27.9 Å². The summed E-state index contributed by atoms with van der Waals surface area (Å²) >= 11 is 12.2. The molecular weight excluding hydrogens is 521 g/mol. The molecule has 1 fully saturated rings. The van der Waals surface area contributed by atoms with E-state index in [0.29, 0.717) is 60.3 Å². The number of piperidine rings is 1. The van der Waals surface area contributed by atoms with Crippen molar-refractivity contribution in [3.05, 3.63) is 69.6 Å². The summed E-state index contributed by atoms with van der Waals surface area (Å²) in [5.41, 5.74) is 0.343. The lowest BCUT2D eigenvalue weighted by Gasteiger charge is -2.38. The predicted octanol–water partition coefficient (Wildman–Crippen LogP) is 6.70. The van der Waals surface area contributed by atoms with Gasteiger partial charge in [0.25, 0.3) is 0 Å². The molecule has 0 amide bonds. The van der Waals surface area contributed by atoms with Crippen LogP contribution < -0.4 is 4.74 Å². The van der Waals surface area contributed by atoms with Crippen LogP contribution >= 0.6 is 23.2 Å². The number of aliphatic carboxylic acids is 1. The number of hydrogen-bond acceptors (Lipinski definition) is 4. The molecule has 2 heterocycles. The molecule has 5 nitrogen and oxygen atoms in total. The zero-order valence-corrected chi connectivity index (χ0v) is 21.8. The average molecular weight is 547 g/mol. The van der Waals surface area contributed by atoms with E-state index in [1.54, 1.807) is 24.3 Å². The van der Waals surface area contributed by atoms with Crippen LogP contribution in [0.25, 0.3) is 10.9 Å². The van der Waals surface area contributed by atoms with Crippen LogP contribution in [0, 0.1) is 23.1 Å². The molecule has 194 valence electrons. The molecule has 1 aromatic heterocycles. The number of carboxylic acids is 1. The van der Waals surface area contributed by atoms with Crippen LogP contribution in [0.4, 0.5) is 8.78 Å². The number of fused-ring (bicyclic) bond motifs is 1. The Bertz CT molecular complexity index is 1340. The number of nitrogens with zero attached hydrogens (tertiary/aromatic N) is 2. The van der Waals surface area contributed by atoms with E-state index >= 15 is 4.39 Å². The number of carboxylic acid groups (broad SMARTS) is 1. The van der Waals surface area contributed by atoms with E-state index in [9.17, 15) is 14.3 Å². The summed E-state index contributed by atoms with van der Waals surface area (Å²) in [7, 11) is 1.53. The van der Waals surface area contributed by atoms with Gasteiger partial charge in [-0.3, -0.25) is 14.7 Å². The summed E-state index contributed by atoms with van der Waals surface area (Å²) in [5.74, 6) is 5.08. The zero-order chi connectivity index (χ0) is 26.6. The summed E-state index contributed by atoms with van der Waals surface area (Å²) < 4.78 is 34.3. The minimum Gasteiger partial charge on any atom is -0.497 e. The van der Waals surface area contributed by atoms with E-state index in [-0.39, 0.29) is 22.9 Å². The molecule has 0 aliphatic carbocycles. The van der Waals surface area contributed by atoms with E-state index in [1.165, 1.54) is 25.4 Å². The molecule has 0 saturated carbocycles. The number of halogens is 4. The first-order valence-corrected chi connectivity index (χ1v) is 12.6. The van der Waals surface area contributed by atoms with Crippen LogP contribution in [-0.2, 0) is 4.79 Å². The van der Waals surface area contributed by atoms with Crippen LogP contribution in [0.5, 0.6) is 5.75 Å². The number of pyridine rings is 1. The standard InChI is InChI=1S/C28H26Cl2F2N2O3/c1-37-21-4-5-25-22(16-21)26(23(30)17-33-25)24(32)6-7-28(27(35)36)8-11-34(12-9-28)10-2-3-18-13-19(29)15-20(31)14-18/h4-5,13-17,24H,6-12H2,1H3,(H,35,36)/t24-/m0/s1. The molecule has 3 aromatic rings. The Morgan fingerprint density at radius 2 is 2.00 bits per heavy atom. The first-order valence-electron chi connectivity index (χ1n) is 11.9. The van der Waals surface area contributed by atoms with Crippen molar-refractivity contribution in [1.29, 1.82) is 0 Å². The van der Waals surface area contributed by atoms with Crippen molar-refractivity contribution >= 4 is 40.1 Å². The van der Waals surface area contributed by atoms with E-state index in [0.717, 1.165) is 0 Å². The zero-order valence-electron chi connectivity index (χ0n) is 20.2. The number of likely N-dealkylation sites (tertiary alicyclic amines) is 1. The smallest absolute Gasteiger partial charge is 0.309 e. The van der Waals surface area contributed by atoms with Crippen LogP contribution in [0.2, 0.25) is 10.0 Å². The summed E-state index contributed by atoms with van der Waals surface area (Å²) in [6.45, 7) is 1.44. The van der Waals surface area contributed by atoms with E-state index < -0.39 is 23.4 Å². The maximum absolute atomic E-state index is 15.6. The van der Waals surface area contributed by atoms with Crippen molar-refractivity contribution in [3.63, 3.8) is 0 Å². The Hall–Kier alpha value is -2.92. The second-order valence-corrected chi connectivity index (χ2v) is 10.1. The number of alkyl halides is 1. The van der Waals surface area contributed by atoms with Gasteiger partial charge in [0.15, 0.2) is 0 Å². The number of rotatable bonds is 7. The van der Waals surface area contributed by atoms with Gasteiger partial charge in [-0.25, -0.2) is 8.78 Å². The molecule has 37 heavy (non-hydrogen) atoms. The fourth-order valence-electron chi connectivity index (χ4n) is 4.75. The van der Waals surface area contributed by atoms with Gasteiger partial charge in [0, 0.05) is 40.8 Å². The highest BCUT2D eigenvalue weighted by molar-refractivity contribution is 6.32. The molecule has 9 heteroatoms. The molecule has 0 radical (unpaired) electrons. The molecule has 2 aromatic carbocycles. The molecule has 1 N–H and O–H groups in total. The molecule has 4 rings (SSSR count). The monoisotopic (exact) mass is 546 g/mol. The minimum absolute atomic E-state index is 0.0163. The SMILES string of the molecule is COc1ccc2ncc(Cl)c([C@@H](F)CCC3(C(=O)O)CCN(CC#Cc4cc(F)cc(Cl)c4)CC3)c2c1. The third-order valence-electron chi connectivity index (χ3n) is 6.92. The topological polar surface area (TPSA) is 62.7 Å². The number of hydrogen-bond donors (Lipinski definition) is 1. The van der Waals surface area contributed by atoms with Crippen LogP contribution in [-0.4, -0.2) is 47.7 Å². The average Bonchev–Trinajstić information content (AvgIpc) is 2.87. The molecule has 0 spiro atoms. The van der Waals surface area contributed by atoms with Crippen LogP contribution in [0.15, 0.2) is 42.6 Å². The number of ether oxygens (including phenoxy) is 1.